The van der Waals surface area contributed by atoms with Gasteiger partial charge in [0.25, 0.3) is 0 Å². The van der Waals surface area contributed by atoms with E-state index in [1.54, 1.807) is 16.2 Å². The van der Waals surface area contributed by atoms with Gasteiger partial charge in [-0.15, -0.1) is 11.3 Å². The predicted octanol–water partition coefficient (Wildman–Crippen LogP) is 2.36. The number of hydrogen-bond acceptors (Lipinski definition) is 3. The molecule has 15 heavy (non-hydrogen) atoms. The third kappa shape index (κ3) is 1.53. The van der Waals surface area contributed by atoms with Crippen molar-refractivity contribution in [3.63, 3.8) is 0 Å². The van der Waals surface area contributed by atoms with Gasteiger partial charge in [0.2, 0.25) is 5.91 Å². The fourth-order valence-corrected chi connectivity index (χ4v) is 2.94. The van der Waals surface area contributed by atoms with Crippen LogP contribution in [0.15, 0.2) is 0 Å². The third-order valence-corrected chi connectivity index (χ3v) is 4.03. The van der Waals surface area contributed by atoms with E-state index >= 15 is 0 Å². The van der Waals surface area contributed by atoms with Crippen LogP contribution in [0.1, 0.15) is 28.8 Å². The van der Waals surface area contributed by atoms with Crippen molar-refractivity contribution in [3.05, 3.63) is 16.0 Å². The van der Waals surface area contributed by atoms with Crippen LogP contribution in [-0.2, 0) is 4.79 Å². The van der Waals surface area contributed by atoms with Gasteiger partial charge >= 0.3 is 0 Å². The number of anilines is 1. The molecule has 1 amide bonds. The Hall–Kier alpha value is -1.34. The minimum absolute atomic E-state index is 0.146. The molecule has 1 aliphatic rings. The zero-order valence-corrected chi connectivity index (χ0v) is 9.65. The first-order valence-corrected chi connectivity index (χ1v) is 5.77. The Kier molecular flexibility index (Phi) is 2.49. The number of thiophene rings is 1. The van der Waals surface area contributed by atoms with E-state index in [2.05, 4.69) is 6.07 Å². The lowest BCUT2D eigenvalue weighted by Gasteiger charge is -2.13. The van der Waals surface area contributed by atoms with Gasteiger partial charge in [0.15, 0.2) is 0 Å². The number of nitrogens with zero attached hydrogens (tertiary/aromatic N) is 2. The summed E-state index contributed by atoms with van der Waals surface area (Å²) in [6.45, 7) is 4.69. The molecule has 0 saturated carbocycles. The molecule has 1 aliphatic heterocycles. The number of carbonyl (C=O) groups excluding carboxylic acids is 1. The molecular formula is C11H12N2OS. The third-order valence-electron chi connectivity index (χ3n) is 2.80. The monoisotopic (exact) mass is 220 g/mol. The molecule has 0 atom stereocenters. The maximum atomic E-state index is 11.6. The maximum Gasteiger partial charge on any atom is 0.227 e. The van der Waals surface area contributed by atoms with Gasteiger partial charge in [-0.05, 0) is 25.8 Å². The number of hydrogen-bond donors (Lipinski definition) is 0. The molecule has 0 bridgehead atoms. The SMILES string of the molecule is Cc1sc(N2CCCC2=O)c(C#N)c1C. The molecule has 1 aromatic rings. The van der Waals surface area contributed by atoms with Gasteiger partial charge in [0.05, 0.1) is 5.56 Å². The van der Waals surface area contributed by atoms with Crippen molar-refractivity contribution >= 4 is 22.2 Å². The van der Waals surface area contributed by atoms with Crippen LogP contribution in [-0.4, -0.2) is 12.5 Å². The fourth-order valence-electron chi connectivity index (χ4n) is 1.79. The van der Waals surface area contributed by atoms with Crippen LogP contribution in [0.5, 0.6) is 0 Å². The quantitative estimate of drug-likeness (QED) is 0.729. The number of nitriles is 1. The number of rotatable bonds is 1. The van der Waals surface area contributed by atoms with Gasteiger partial charge < -0.3 is 4.90 Å². The molecule has 0 radical (unpaired) electrons. The van der Waals surface area contributed by atoms with Crippen molar-refractivity contribution in [2.45, 2.75) is 26.7 Å². The molecule has 0 aliphatic carbocycles. The second-order valence-corrected chi connectivity index (χ2v) is 4.93. The number of aryl methyl sites for hydroxylation is 1. The Labute approximate surface area is 92.9 Å². The van der Waals surface area contributed by atoms with Crippen LogP contribution in [0.3, 0.4) is 0 Å². The minimum Gasteiger partial charge on any atom is -0.303 e. The molecule has 0 N–H and O–H groups in total. The molecule has 2 heterocycles. The average molecular weight is 220 g/mol. The van der Waals surface area contributed by atoms with Gasteiger partial charge in [-0.2, -0.15) is 5.26 Å². The van der Waals surface area contributed by atoms with Gasteiger partial charge in [0, 0.05) is 17.8 Å². The smallest absolute Gasteiger partial charge is 0.227 e. The lowest BCUT2D eigenvalue weighted by atomic mass is 10.2. The van der Waals surface area contributed by atoms with E-state index in [0.29, 0.717) is 12.0 Å². The highest BCUT2D eigenvalue weighted by atomic mass is 32.1. The van der Waals surface area contributed by atoms with Crippen molar-refractivity contribution < 1.29 is 4.79 Å². The van der Waals surface area contributed by atoms with Gasteiger partial charge in [-0.25, -0.2) is 0 Å². The highest BCUT2D eigenvalue weighted by molar-refractivity contribution is 7.16. The molecule has 78 valence electrons. The molecule has 0 unspecified atom stereocenters. The predicted molar refractivity (Wildman–Crippen MR) is 60.1 cm³/mol. The Morgan fingerprint density at radius 3 is 2.73 bits per heavy atom. The van der Waals surface area contributed by atoms with Crippen molar-refractivity contribution in [3.8, 4) is 6.07 Å². The Morgan fingerprint density at radius 1 is 1.47 bits per heavy atom. The molecule has 2 rings (SSSR count). The Morgan fingerprint density at radius 2 is 2.20 bits per heavy atom. The van der Waals surface area contributed by atoms with E-state index in [0.717, 1.165) is 28.4 Å². The summed E-state index contributed by atoms with van der Waals surface area (Å²) in [6.07, 6.45) is 1.51. The average Bonchev–Trinajstić information content (AvgIpc) is 2.73. The first kappa shape index (κ1) is 10.2. The van der Waals surface area contributed by atoms with E-state index in [-0.39, 0.29) is 5.91 Å². The molecule has 0 spiro atoms. The summed E-state index contributed by atoms with van der Waals surface area (Å²) in [7, 11) is 0. The van der Waals surface area contributed by atoms with Gasteiger partial charge in [0.1, 0.15) is 11.1 Å². The van der Waals surface area contributed by atoms with Crippen LogP contribution < -0.4 is 4.90 Å². The summed E-state index contributed by atoms with van der Waals surface area (Å²) < 4.78 is 0. The van der Waals surface area contributed by atoms with Gasteiger partial charge in [-0.3, -0.25) is 4.79 Å². The van der Waals surface area contributed by atoms with Crippen molar-refractivity contribution in [1.82, 2.24) is 0 Å². The lowest BCUT2D eigenvalue weighted by Crippen LogP contribution is -2.23. The normalized spacial score (nSPS) is 15.8. The standard InChI is InChI=1S/C11H12N2OS/c1-7-8(2)15-11(9(7)6-12)13-5-3-4-10(13)14/h3-5H2,1-2H3. The summed E-state index contributed by atoms with van der Waals surface area (Å²) in [5, 5.41) is 9.92. The van der Waals surface area contributed by atoms with E-state index in [9.17, 15) is 4.79 Å². The topological polar surface area (TPSA) is 44.1 Å². The molecule has 3 nitrogen and oxygen atoms in total. The summed E-state index contributed by atoms with van der Waals surface area (Å²) in [5.41, 5.74) is 1.69. The molecule has 1 fully saturated rings. The zero-order valence-electron chi connectivity index (χ0n) is 8.83. The first-order chi connectivity index (χ1) is 7.15. The van der Waals surface area contributed by atoms with Gasteiger partial charge in [-0.1, -0.05) is 0 Å². The van der Waals surface area contributed by atoms with Crippen LogP contribution in [0.25, 0.3) is 0 Å². The number of carbonyl (C=O) groups is 1. The van der Waals surface area contributed by atoms with Crippen LogP contribution in [0.2, 0.25) is 0 Å². The Bertz CT molecular complexity index is 456. The number of amides is 1. The summed E-state index contributed by atoms with van der Waals surface area (Å²) in [4.78, 5) is 14.5. The molecule has 4 heteroatoms. The Balaban J connectivity index is 2.49. The second kappa shape index (κ2) is 3.67. The van der Waals surface area contributed by atoms with E-state index in [1.807, 2.05) is 13.8 Å². The highest BCUT2D eigenvalue weighted by Gasteiger charge is 2.26. The largest absolute Gasteiger partial charge is 0.303 e. The minimum atomic E-state index is 0.146. The van der Waals surface area contributed by atoms with Crippen LogP contribution >= 0.6 is 11.3 Å². The maximum absolute atomic E-state index is 11.6. The summed E-state index contributed by atoms with van der Waals surface area (Å²) >= 11 is 1.55. The van der Waals surface area contributed by atoms with E-state index in [4.69, 9.17) is 5.26 Å². The van der Waals surface area contributed by atoms with E-state index < -0.39 is 0 Å². The molecule has 1 aromatic heterocycles. The van der Waals surface area contributed by atoms with Crippen LogP contribution in [0.4, 0.5) is 5.00 Å². The summed E-state index contributed by atoms with van der Waals surface area (Å²) in [6, 6.07) is 2.20. The zero-order chi connectivity index (χ0) is 11.0. The lowest BCUT2D eigenvalue weighted by molar-refractivity contribution is -0.117. The fraction of sp³-hybridized carbons (Fsp3) is 0.455. The molecular weight excluding hydrogens is 208 g/mol. The van der Waals surface area contributed by atoms with E-state index in [1.165, 1.54) is 0 Å². The second-order valence-electron chi connectivity index (χ2n) is 3.72. The van der Waals surface area contributed by atoms with Crippen molar-refractivity contribution in [2.75, 3.05) is 11.4 Å². The molecule has 1 saturated heterocycles. The van der Waals surface area contributed by atoms with Crippen molar-refractivity contribution in [1.29, 1.82) is 5.26 Å². The highest BCUT2D eigenvalue weighted by Crippen LogP contribution is 2.36. The first-order valence-electron chi connectivity index (χ1n) is 4.95. The molecule has 0 aromatic carbocycles. The summed E-state index contributed by atoms with van der Waals surface area (Å²) in [5.74, 6) is 0.146. The van der Waals surface area contributed by atoms with Crippen molar-refractivity contribution in [2.24, 2.45) is 0 Å². The van der Waals surface area contributed by atoms with Crippen LogP contribution in [0, 0.1) is 25.2 Å².